The summed E-state index contributed by atoms with van der Waals surface area (Å²) in [5.41, 5.74) is 7.05. The summed E-state index contributed by atoms with van der Waals surface area (Å²) in [6.45, 7) is 0. The van der Waals surface area contributed by atoms with Gasteiger partial charge in [0.15, 0.2) is 5.82 Å². The largest absolute Gasteiger partial charge is 0.497 e. The predicted octanol–water partition coefficient (Wildman–Crippen LogP) is 6.06. The molecule has 164 valence electrons. The minimum atomic E-state index is -0.181. The number of fused-ring (bicyclic) bond motifs is 6. The van der Waals surface area contributed by atoms with Crippen molar-refractivity contribution in [2.24, 2.45) is 4.99 Å². The average Bonchev–Trinajstić information content (AvgIpc) is 3.40. The number of pyridine rings is 1. The molecule has 2 aromatic heterocycles. The number of hydrogen-bond acceptors (Lipinski definition) is 5. The van der Waals surface area contributed by atoms with Crippen molar-refractivity contribution >= 4 is 39.5 Å². The highest BCUT2D eigenvalue weighted by atomic mass is 16.5. The summed E-state index contributed by atoms with van der Waals surface area (Å²) < 4.78 is 7.73. The second-order valence-corrected chi connectivity index (χ2v) is 8.37. The van der Waals surface area contributed by atoms with E-state index in [1.165, 1.54) is 0 Å². The predicted molar refractivity (Wildman–Crippen MR) is 136 cm³/mol. The first kappa shape index (κ1) is 18.9. The third-order valence-corrected chi connectivity index (χ3v) is 6.51. The zero-order chi connectivity index (χ0) is 22.6. The first-order valence-corrected chi connectivity index (χ1v) is 11.3. The summed E-state index contributed by atoms with van der Waals surface area (Å²) in [6, 6.07) is 31.0. The maximum atomic E-state index is 5.51. The molecule has 1 atom stereocenters. The van der Waals surface area contributed by atoms with Gasteiger partial charge in [-0.15, -0.1) is 0 Å². The van der Waals surface area contributed by atoms with Crippen LogP contribution in [0.3, 0.4) is 0 Å². The molecule has 7 rings (SSSR count). The van der Waals surface area contributed by atoms with Gasteiger partial charge in [-0.3, -0.25) is 9.55 Å². The minimum absolute atomic E-state index is 0.181. The lowest BCUT2D eigenvalue weighted by molar-refractivity contribution is 0.415. The van der Waals surface area contributed by atoms with Crippen molar-refractivity contribution in [3.8, 4) is 11.4 Å². The molecule has 2 aliphatic heterocycles. The van der Waals surface area contributed by atoms with Crippen molar-refractivity contribution in [1.29, 1.82) is 0 Å². The van der Waals surface area contributed by atoms with E-state index < -0.39 is 0 Å². The average molecular weight is 444 g/mol. The molecule has 0 fully saturated rings. The Hall–Kier alpha value is -4.58. The van der Waals surface area contributed by atoms with Crippen molar-refractivity contribution < 1.29 is 4.74 Å². The zero-order valence-corrected chi connectivity index (χ0v) is 18.5. The van der Waals surface area contributed by atoms with Crippen LogP contribution in [0.25, 0.3) is 16.6 Å². The van der Waals surface area contributed by atoms with Crippen LogP contribution < -0.4 is 15.0 Å². The Kier molecular flexibility index (Phi) is 4.02. The molecular weight excluding hydrogens is 422 g/mol. The molecule has 0 radical (unpaired) electrons. The Balaban J connectivity index is 1.48. The molecule has 6 nitrogen and oxygen atoms in total. The van der Waals surface area contributed by atoms with Crippen LogP contribution in [-0.4, -0.2) is 28.5 Å². The molecule has 34 heavy (non-hydrogen) atoms. The summed E-state index contributed by atoms with van der Waals surface area (Å²) in [4.78, 5) is 12.3. The first-order chi connectivity index (χ1) is 16.8. The van der Waals surface area contributed by atoms with E-state index in [9.17, 15) is 0 Å². The van der Waals surface area contributed by atoms with Crippen LogP contribution in [0.5, 0.6) is 5.75 Å². The van der Waals surface area contributed by atoms with Crippen LogP contribution in [0.1, 0.15) is 5.69 Å². The molecule has 0 aliphatic carbocycles. The third kappa shape index (κ3) is 2.62. The van der Waals surface area contributed by atoms with Gasteiger partial charge in [0.05, 0.1) is 24.0 Å². The second-order valence-electron chi connectivity index (χ2n) is 8.37. The van der Waals surface area contributed by atoms with Crippen LogP contribution in [0.4, 0.5) is 22.9 Å². The third-order valence-electron chi connectivity index (χ3n) is 6.51. The molecule has 2 aliphatic rings. The number of benzene rings is 3. The maximum absolute atomic E-state index is 5.51. The van der Waals surface area contributed by atoms with Gasteiger partial charge in [0.2, 0.25) is 0 Å². The number of rotatable bonds is 3. The standard InChI is InChI=1S/C28H21N5O/c1-34-20-12-7-11-19(17-20)33-23-15-8-16-29-25(23)26-28(33)30-24-21-13-5-6-14-22(21)32(27(24)31-26)18-9-3-2-4-10-18/h2-17,28,30H,1H3. The summed E-state index contributed by atoms with van der Waals surface area (Å²) in [7, 11) is 1.69. The Morgan fingerprint density at radius 1 is 0.853 bits per heavy atom. The van der Waals surface area contributed by atoms with Crippen molar-refractivity contribution in [3.63, 3.8) is 0 Å². The van der Waals surface area contributed by atoms with Crippen LogP contribution in [0, 0.1) is 0 Å². The molecule has 3 aromatic carbocycles. The number of ether oxygens (including phenoxy) is 1. The highest BCUT2D eigenvalue weighted by Crippen LogP contribution is 2.47. The van der Waals surface area contributed by atoms with E-state index in [0.717, 1.165) is 56.6 Å². The Morgan fingerprint density at radius 3 is 2.56 bits per heavy atom. The van der Waals surface area contributed by atoms with Crippen molar-refractivity contribution in [3.05, 3.63) is 103 Å². The molecule has 0 saturated carbocycles. The Morgan fingerprint density at radius 2 is 1.68 bits per heavy atom. The smallest absolute Gasteiger partial charge is 0.162 e. The van der Waals surface area contributed by atoms with Gasteiger partial charge in [-0.2, -0.15) is 0 Å². The van der Waals surface area contributed by atoms with E-state index in [2.05, 4.69) is 75.4 Å². The van der Waals surface area contributed by atoms with E-state index in [0.29, 0.717) is 0 Å². The van der Waals surface area contributed by atoms with E-state index in [4.69, 9.17) is 14.7 Å². The fourth-order valence-electron chi connectivity index (χ4n) is 5.04. The monoisotopic (exact) mass is 443 g/mol. The Bertz CT molecular complexity index is 1590. The molecule has 1 unspecified atom stereocenters. The lowest BCUT2D eigenvalue weighted by atomic mass is 10.1. The fraction of sp³-hybridized carbons (Fsp3) is 0.0714. The quantitative estimate of drug-likeness (QED) is 0.368. The first-order valence-electron chi connectivity index (χ1n) is 11.3. The number of anilines is 3. The van der Waals surface area contributed by atoms with Crippen LogP contribution >= 0.6 is 0 Å². The molecule has 5 aromatic rings. The number of nitrogens with one attached hydrogen (secondary N) is 1. The molecule has 0 amide bonds. The van der Waals surface area contributed by atoms with Gasteiger partial charge in [0, 0.05) is 29.0 Å². The SMILES string of the molecule is COc1cccc(N2c3cccnc3C3=Nc4c(c5ccccc5n4-c4ccccc4)NC32)c1. The maximum Gasteiger partial charge on any atom is 0.162 e. The minimum Gasteiger partial charge on any atom is -0.497 e. The van der Waals surface area contributed by atoms with Crippen LogP contribution in [0.2, 0.25) is 0 Å². The highest BCUT2D eigenvalue weighted by Gasteiger charge is 2.41. The number of aromatic nitrogens is 2. The molecule has 0 spiro atoms. The molecule has 0 bridgehead atoms. The van der Waals surface area contributed by atoms with E-state index in [1.807, 2.05) is 36.5 Å². The summed E-state index contributed by atoms with van der Waals surface area (Å²) in [5, 5.41) is 4.96. The van der Waals surface area contributed by atoms with E-state index in [1.54, 1.807) is 7.11 Å². The second kappa shape index (κ2) is 7.22. The number of para-hydroxylation sites is 2. The van der Waals surface area contributed by atoms with Crippen molar-refractivity contribution in [2.75, 3.05) is 17.3 Å². The topological polar surface area (TPSA) is 54.7 Å². The zero-order valence-electron chi connectivity index (χ0n) is 18.5. The van der Waals surface area contributed by atoms with Crippen LogP contribution in [0.15, 0.2) is 102 Å². The van der Waals surface area contributed by atoms with E-state index >= 15 is 0 Å². The molecule has 6 heteroatoms. The van der Waals surface area contributed by atoms with Crippen LogP contribution in [-0.2, 0) is 0 Å². The van der Waals surface area contributed by atoms with Gasteiger partial charge in [-0.1, -0.05) is 42.5 Å². The van der Waals surface area contributed by atoms with Gasteiger partial charge in [-0.05, 0) is 42.5 Å². The number of aliphatic imine (C=N–C) groups is 1. The molecule has 4 heterocycles. The molecule has 1 N–H and O–H groups in total. The van der Waals surface area contributed by atoms with E-state index in [-0.39, 0.29) is 6.17 Å². The Labute approximate surface area is 196 Å². The highest BCUT2D eigenvalue weighted by molar-refractivity contribution is 6.20. The lowest BCUT2D eigenvalue weighted by Crippen LogP contribution is -2.40. The van der Waals surface area contributed by atoms with Crippen molar-refractivity contribution in [2.45, 2.75) is 6.17 Å². The summed E-state index contributed by atoms with van der Waals surface area (Å²) >= 11 is 0. The lowest BCUT2D eigenvalue weighted by Gasteiger charge is -2.31. The normalized spacial score (nSPS) is 15.9. The number of hydrogen-bond donors (Lipinski definition) is 1. The summed E-state index contributed by atoms with van der Waals surface area (Å²) in [5.74, 6) is 1.70. The fourth-order valence-corrected chi connectivity index (χ4v) is 5.04. The number of methoxy groups -OCH3 is 1. The number of nitrogens with zero attached hydrogens (tertiary/aromatic N) is 4. The van der Waals surface area contributed by atoms with Gasteiger partial charge in [0.1, 0.15) is 23.3 Å². The summed E-state index contributed by atoms with van der Waals surface area (Å²) in [6.07, 6.45) is 1.65. The molecule has 0 saturated heterocycles. The molecular formula is C28H21N5O. The van der Waals surface area contributed by atoms with Gasteiger partial charge >= 0.3 is 0 Å². The van der Waals surface area contributed by atoms with Gasteiger partial charge in [-0.25, -0.2) is 4.99 Å². The van der Waals surface area contributed by atoms with Gasteiger partial charge in [0.25, 0.3) is 0 Å². The van der Waals surface area contributed by atoms with Crippen molar-refractivity contribution in [1.82, 2.24) is 9.55 Å². The van der Waals surface area contributed by atoms with Gasteiger partial charge < -0.3 is 15.0 Å².